The molecule has 2 amide bonds. The second kappa shape index (κ2) is 11.0. The minimum absolute atomic E-state index is 0.0391. The number of aromatic nitrogens is 5. The standard InChI is InChI=1S/C27H29FN6O6S/c1-5-12-40-19(17-13-16(28)6-7-18(17)39-4)14-32-24-21(15(2)23(41-24)34-29-10-11-30-34)22(36)33(26(32)38)27(3)9-8-20(35)31-25(27)37/h6-7,10-11,13,19H,5,8-9,12,14H2,1-4H3,(H,31,35,37)/t19-,27-/m0/s1. The van der Waals surface area contributed by atoms with Crippen molar-refractivity contribution < 1.29 is 23.5 Å². The number of hydrogen-bond donors (Lipinski definition) is 1. The SMILES string of the molecule is CCCO[C@@H](Cn1c(=O)n([C@@]2(C)CCC(=O)NC2=O)c(=O)c2c(C)c(-n3nccn3)sc21)c1cc(F)ccc1OC. The molecule has 12 nitrogen and oxygen atoms in total. The van der Waals surface area contributed by atoms with Crippen molar-refractivity contribution in [3.63, 3.8) is 0 Å². The molecule has 1 aliphatic rings. The van der Waals surface area contributed by atoms with Crippen LogP contribution in [0, 0.1) is 12.7 Å². The highest BCUT2D eigenvalue weighted by Crippen LogP contribution is 2.35. The molecule has 5 rings (SSSR count). The fourth-order valence-corrected chi connectivity index (χ4v) is 6.29. The van der Waals surface area contributed by atoms with Crippen LogP contribution in [0.3, 0.4) is 0 Å². The number of fused-ring (bicyclic) bond motifs is 1. The van der Waals surface area contributed by atoms with Crippen LogP contribution < -0.4 is 21.3 Å². The van der Waals surface area contributed by atoms with Gasteiger partial charge in [0.1, 0.15) is 33.0 Å². The van der Waals surface area contributed by atoms with E-state index in [4.69, 9.17) is 9.47 Å². The first-order valence-corrected chi connectivity index (χ1v) is 13.9. The van der Waals surface area contributed by atoms with E-state index in [0.29, 0.717) is 39.7 Å². The highest BCUT2D eigenvalue weighted by Gasteiger charge is 2.43. The molecule has 0 unspecified atom stereocenters. The van der Waals surface area contributed by atoms with Gasteiger partial charge in [-0.2, -0.15) is 10.2 Å². The highest BCUT2D eigenvalue weighted by atomic mass is 32.1. The molecule has 0 radical (unpaired) electrons. The molecule has 4 aromatic rings. The van der Waals surface area contributed by atoms with Crippen molar-refractivity contribution in [2.24, 2.45) is 0 Å². The second-order valence-electron chi connectivity index (χ2n) is 9.96. The van der Waals surface area contributed by atoms with Crippen molar-refractivity contribution in [1.82, 2.24) is 29.4 Å². The number of nitrogens with zero attached hydrogens (tertiary/aromatic N) is 5. The van der Waals surface area contributed by atoms with E-state index >= 15 is 0 Å². The summed E-state index contributed by atoms with van der Waals surface area (Å²) >= 11 is 1.14. The van der Waals surface area contributed by atoms with Crippen LogP contribution in [0.2, 0.25) is 0 Å². The van der Waals surface area contributed by atoms with Crippen molar-refractivity contribution in [3.8, 4) is 10.8 Å². The zero-order valence-electron chi connectivity index (χ0n) is 23.0. The Morgan fingerprint density at radius 2 is 1.93 bits per heavy atom. The molecular formula is C27H29FN6O6S. The van der Waals surface area contributed by atoms with E-state index in [1.807, 2.05) is 6.92 Å². The van der Waals surface area contributed by atoms with Crippen LogP contribution in [0.4, 0.5) is 4.39 Å². The molecule has 1 fully saturated rings. The number of halogens is 1. The molecule has 1 aromatic carbocycles. The zero-order valence-corrected chi connectivity index (χ0v) is 23.8. The summed E-state index contributed by atoms with van der Waals surface area (Å²) in [4.78, 5) is 55.1. The first-order chi connectivity index (χ1) is 19.6. The lowest BCUT2D eigenvalue weighted by molar-refractivity contribution is -0.140. The molecule has 0 saturated carbocycles. The van der Waals surface area contributed by atoms with E-state index < -0.39 is 40.5 Å². The lowest BCUT2D eigenvalue weighted by Gasteiger charge is -2.33. The summed E-state index contributed by atoms with van der Waals surface area (Å²) < 4.78 is 28.3. The third kappa shape index (κ3) is 4.86. The summed E-state index contributed by atoms with van der Waals surface area (Å²) in [6.45, 7) is 5.27. The van der Waals surface area contributed by atoms with E-state index in [1.54, 1.807) is 6.92 Å². The molecular weight excluding hydrogens is 555 g/mol. The van der Waals surface area contributed by atoms with E-state index in [2.05, 4.69) is 15.5 Å². The summed E-state index contributed by atoms with van der Waals surface area (Å²) in [7, 11) is 1.45. The molecule has 1 N–H and O–H groups in total. The third-order valence-corrected chi connectivity index (χ3v) is 8.55. The number of carbonyl (C=O) groups is 2. The first-order valence-electron chi connectivity index (χ1n) is 13.1. The summed E-state index contributed by atoms with van der Waals surface area (Å²) in [5.41, 5.74) is -2.18. The Labute approximate surface area is 237 Å². The van der Waals surface area contributed by atoms with Crippen LogP contribution in [0.15, 0.2) is 40.2 Å². The maximum atomic E-state index is 14.4. The van der Waals surface area contributed by atoms with E-state index in [0.717, 1.165) is 15.9 Å². The third-order valence-electron chi connectivity index (χ3n) is 7.27. The normalized spacial score (nSPS) is 18.1. The average Bonchev–Trinajstić information content (AvgIpc) is 3.59. The number of aryl methyl sites for hydroxylation is 1. The van der Waals surface area contributed by atoms with Gasteiger partial charge >= 0.3 is 5.69 Å². The van der Waals surface area contributed by atoms with E-state index in [1.165, 1.54) is 54.0 Å². The fraction of sp³-hybridized carbons (Fsp3) is 0.407. The molecule has 216 valence electrons. The minimum Gasteiger partial charge on any atom is -0.496 e. The lowest BCUT2D eigenvalue weighted by Crippen LogP contribution is -2.60. The van der Waals surface area contributed by atoms with Gasteiger partial charge in [0.25, 0.3) is 11.5 Å². The first kappa shape index (κ1) is 28.4. The fourth-order valence-electron chi connectivity index (χ4n) is 5.07. The van der Waals surface area contributed by atoms with E-state index in [9.17, 15) is 23.6 Å². The summed E-state index contributed by atoms with van der Waals surface area (Å²) in [5.74, 6) is -1.37. The predicted molar refractivity (Wildman–Crippen MR) is 148 cm³/mol. The largest absolute Gasteiger partial charge is 0.496 e. The summed E-state index contributed by atoms with van der Waals surface area (Å²) in [6, 6.07) is 4.03. The molecule has 14 heteroatoms. The van der Waals surface area contributed by atoms with Gasteiger partial charge in [0, 0.05) is 24.2 Å². The van der Waals surface area contributed by atoms with Gasteiger partial charge in [-0.25, -0.2) is 13.8 Å². The van der Waals surface area contributed by atoms with Crippen molar-refractivity contribution >= 4 is 33.4 Å². The molecule has 0 aliphatic carbocycles. The van der Waals surface area contributed by atoms with Crippen LogP contribution in [-0.2, 0) is 26.4 Å². The number of nitrogens with one attached hydrogen (secondary N) is 1. The molecule has 41 heavy (non-hydrogen) atoms. The Kier molecular flexibility index (Phi) is 7.62. The van der Waals surface area contributed by atoms with Crippen LogP contribution in [0.5, 0.6) is 5.75 Å². The topological polar surface area (TPSA) is 139 Å². The van der Waals surface area contributed by atoms with Gasteiger partial charge in [-0.15, -0.1) is 4.80 Å². The average molecular weight is 585 g/mol. The number of hydrogen-bond acceptors (Lipinski definition) is 9. The molecule has 4 heterocycles. The number of rotatable bonds is 9. The van der Waals surface area contributed by atoms with Gasteiger partial charge in [-0.05, 0) is 44.9 Å². The molecule has 3 aromatic heterocycles. The van der Waals surface area contributed by atoms with Gasteiger partial charge < -0.3 is 9.47 Å². The van der Waals surface area contributed by atoms with Gasteiger partial charge in [0.2, 0.25) is 5.91 Å². The van der Waals surface area contributed by atoms with Gasteiger partial charge in [-0.1, -0.05) is 18.3 Å². The molecule has 1 saturated heterocycles. The molecule has 2 atom stereocenters. The molecule has 0 spiro atoms. The number of benzene rings is 1. The smallest absolute Gasteiger partial charge is 0.333 e. The Morgan fingerprint density at radius 3 is 2.59 bits per heavy atom. The molecule has 1 aliphatic heterocycles. The summed E-state index contributed by atoms with van der Waals surface area (Å²) in [5, 5.41) is 11.3. The Morgan fingerprint density at radius 1 is 1.20 bits per heavy atom. The number of methoxy groups -OCH3 is 1. The number of ether oxygens (including phenoxy) is 2. The zero-order chi connectivity index (χ0) is 29.5. The Hall–Kier alpha value is -4.17. The van der Waals surface area contributed by atoms with Crippen molar-refractivity contribution in [3.05, 3.63) is 68.4 Å². The number of thiophene rings is 1. The van der Waals surface area contributed by atoms with Crippen molar-refractivity contribution in [1.29, 1.82) is 0 Å². The van der Waals surface area contributed by atoms with Gasteiger partial charge in [-0.3, -0.25) is 24.3 Å². The Balaban J connectivity index is 1.80. The monoisotopic (exact) mass is 584 g/mol. The lowest BCUT2D eigenvalue weighted by atomic mass is 9.90. The number of carbonyl (C=O) groups excluding carboxylic acids is 2. The predicted octanol–water partition coefficient (Wildman–Crippen LogP) is 2.58. The van der Waals surface area contributed by atoms with Crippen LogP contribution in [0.1, 0.15) is 50.3 Å². The van der Waals surface area contributed by atoms with Crippen molar-refractivity contribution in [2.75, 3.05) is 13.7 Å². The maximum Gasteiger partial charge on any atom is 0.333 e. The van der Waals surface area contributed by atoms with Gasteiger partial charge in [0.05, 0.1) is 31.4 Å². The Bertz CT molecular complexity index is 1760. The minimum atomic E-state index is -1.63. The number of imide groups is 1. The van der Waals surface area contributed by atoms with Crippen LogP contribution in [-0.4, -0.2) is 49.7 Å². The highest BCUT2D eigenvalue weighted by molar-refractivity contribution is 7.21. The van der Waals surface area contributed by atoms with E-state index in [-0.39, 0.29) is 24.8 Å². The van der Waals surface area contributed by atoms with Crippen LogP contribution >= 0.6 is 11.3 Å². The second-order valence-corrected chi connectivity index (χ2v) is 10.9. The van der Waals surface area contributed by atoms with Gasteiger partial charge in [0.15, 0.2) is 0 Å². The summed E-state index contributed by atoms with van der Waals surface area (Å²) in [6.07, 6.45) is 2.70. The quantitative estimate of drug-likeness (QED) is 0.296. The van der Waals surface area contributed by atoms with Crippen molar-refractivity contribution in [2.45, 2.75) is 58.2 Å². The molecule has 0 bridgehead atoms. The number of amides is 2. The number of piperidine rings is 1. The van der Waals surface area contributed by atoms with Crippen LogP contribution in [0.25, 0.3) is 15.2 Å². The maximum absolute atomic E-state index is 14.4.